The van der Waals surface area contributed by atoms with Crippen LogP contribution in [-0.2, 0) is 0 Å². The van der Waals surface area contributed by atoms with Crippen molar-refractivity contribution < 1.29 is 0 Å². The van der Waals surface area contributed by atoms with E-state index >= 15 is 0 Å². The van der Waals surface area contributed by atoms with Gasteiger partial charge in [-0.05, 0) is 38.7 Å². The van der Waals surface area contributed by atoms with Crippen molar-refractivity contribution >= 4 is 16.5 Å². The number of rotatable bonds is 1. The predicted octanol–water partition coefficient (Wildman–Crippen LogP) is 4.45. The molecule has 1 aliphatic carbocycles. The third-order valence-electron chi connectivity index (χ3n) is 3.54. The van der Waals surface area contributed by atoms with Crippen molar-refractivity contribution in [3.63, 3.8) is 0 Å². The lowest BCUT2D eigenvalue weighted by molar-refractivity contribution is 0.759. The van der Waals surface area contributed by atoms with Gasteiger partial charge in [0.2, 0.25) is 0 Å². The van der Waals surface area contributed by atoms with Crippen LogP contribution in [0.1, 0.15) is 37.2 Å². The standard InChI is InChI=1S/C17H18N2/c1-13-15-11-7-8-12-16(15)19-17(18-13)14-9-5-3-2-4-6-10-14/h5,7-12H,2-4,6H2,1H3/b9-5-,14-10+. The van der Waals surface area contributed by atoms with Crippen LogP contribution in [0.25, 0.3) is 16.5 Å². The van der Waals surface area contributed by atoms with E-state index in [1.807, 2.05) is 12.1 Å². The van der Waals surface area contributed by atoms with E-state index in [0.29, 0.717) is 0 Å². The van der Waals surface area contributed by atoms with E-state index in [1.54, 1.807) is 0 Å². The molecule has 1 aromatic carbocycles. The van der Waals surface area contributed by atoms with Crippen LogP contribution in [0.5, 0.6) is 0 Å². The molecule has 0 fully saturated rings. The molecule has 1 aliphatic rings. The second-order valence-electron chi connectivity index (χ2n) is 5.00. The van der Waals surface area contributed by atoms with Crippen LogP contribution < -0.4 is 0 Å². The van der Waals surface area contributed by atoms with Gasteiger partial charge in [-0.3, -0.25) is 0 Å². The minimum absolute atomic E-state index is 0.856. The number of allylic oxidation sites excluding steroid dienone is 4. The zero-order valence-electron chi connectivity index (χ0n) is 11.3. The van der Waals surface area contributed by atoms with Crippen LogP contribution in [-0.4, -0.2) is 9.97 Å². The maximum atomic E-state index is 4.70. The quantitative estimate of drug-likeness (QED) is 0.747. The van der Waals surface area contributed by atoms with Gasteiger partial charge < -0.3 is 0 Å². The summed E-state index contributed by atoms with van der Waals surface area (Å²) in [6, 6.07) is 8.20. The number of aromatic nitrogens is 2. The minimum atomic E-state index is 0.856. The second kappa shape index (κ2) is 5.35. The monoisotopic (exact) mass is 250 g/mol. The van der Waals surface area contributed by atoms with Crippen LogP contribution in [0.4, 0.5) is 0 Å². The Bertz CT molecular complexity index is 653. The average Bonchev–Trinajstić information content (AvgIpc) is 2.38. The van der Waals surface area contributed by atoms with Gasteiger partial charge in [-0.1, -0.05) is 36.4 Å². The first-order valence-corrected chi connectivity index (χ1v) is 6.95. The van der Waals surface area contributed by atoms with E-state index in [4.69, 9.17) is 4.98 Å². The molecule has 2 heteroatoms. The Morgan fingerprint density at radius 2 is 1.84 bits per heavy atom. The zero-order valence-corrected chi connectivity index (χ0v) is 11.3. The molecule has 0 saturated carbocycles. The summed E-state index contributed by atoms with van der Waals surface area (Å²) in [4.78, 5) is 9.37. The van der Waals surface area contributed by atoms with Gasteiger partial charge in [-0.25, -0.2) is 9.97 Å². The fourth-order valence-electron chi connectivity index (χ4n) is 2.47. The topological polar surface area (TPSA) is 25.8 Å². The molecule has 0 spiro atoms. The largest absolute Gasteiger partial charge is 0.233 e. The van der Waals surface area contributed by atoms with Gasteiger partial charge in [-0.15, -0.1) is 0 Å². The molecule has 2 aromatic rings. The Kier molecular flexibility index (Phi) is 3.41. The van der Waals surface area contributed by atoms with Crippen LogP contribution >= 0.6 is 0 Å². The smallest absolute Gasteiger partial charge is 0.159 e. The predicted molar refractivity (Wildman–Crippen MR) is 79.9 cm³/mol. The SMILES string of the molecule is Cc1nc(C2=C/CCCC/C=C\2)nc2ccccc12. The Morgan fingerprint density at radius 1 is 1.00 bits per heavy atom. The van der Waals surface area contributed by atoms with Gasteiger partial charge in [0.05, 0.1) is 5.52 Å². The van der Waals surface area contributed by atoms with Crippen LogP contribution in [0.15, 0.2) is 42.5 Å². The summed E-state index contributed by atoms with van der Waals surface area (Å²) in [6.07, 6.45) is 11.5. The van der Waals surface area contributed by atoms with Crippen molar-refractivity contribution in [1.82, 2.24) is 9.97 Å². The van der Waals surface area contributed by atoms with E-state index < -0.39 is 0 Å². The molecule has 1 heterocycles. The third kappa shape index (κ3) is 2.58. The van der Waals surface area contributed by atoms with E-state index in [2.05, 4.69) is 42.3 Å². The van der Waals surface area contributed by atoms with Crippen molar-refractivity contribution in [1.29, 1.82) is 0 Å². The summed E-state index contributed by atoms with van der Waals surface area (Å²) in [6.45, 7) is 2.06. The van der Waals surface area contributed by atoms with Gasteiger partial charge in [0.25, 0.3) is 0 Å². The molecule has 0 aliphatic heterocycles. The fraction of sp³-hybridized carbons (Fsp3) is 0.294. The first-order valence-electron chi connectivity index (χ1n) is 6.95. The number of benzene rings is 1. The lowest BCUT2D eigenvalue weighted by Crippen LogP contribution is -1.97. The highest BCUT2D eigenvalue weighted by molar-refractivity contribution is 5.83. The summed E-state index contributed by atoms with van der Waals surface area (Å²) in [5.41, 5.74) is 3.24. The maximum absolute atomic E-state index is 4.70. The molecule has 0 atom stereocenters. The number of nitrogens with zero attached hydrogens (tertiary/aromatic N) is 2. The summed E-state index contributed by atoms with van der Waals surface area (Å²) in [5.74, 6) is 0.856. The first-order chi connectivity index (χ1) is 9.34. The van der Waals surface area contributed by atoms with Crippen LogP contribution in [0.3, 0.4) is 0 Å². The number of hydrogen-bond acceptors (Lipinski definition) is 2. The highest BCUT2D eigenvalue weighted by Gasteiger charge is 2.07. The van der Waals surface area contributed by atoms with Crippen molar-refractivity contribution in [2.45, 2.75) is 32.6 Å². The van der Waals surface area contributed by atoms with Crippen molar-refractivity contribution in [2.75, 3.05) is 0 Å². The molecule has 0 saturated heterocycles. The summed E-state index contributed by atoms with van der Waals surface area (Å²) in [5, 5.41) is 1.14. The molecule has 19 heavy (non-hydrogen) atoms. The van der Waals surface area contributed by atoms with Crippen molar-refractivity contribution in [3.8, 4) is 0 Å². The lowest BCUT2D eigenvalue weighted by atomic mass is 10.1. The molecule has 0 N–H and O–H groups in total. The Labute approximate surface area is 113 Å². The molecule has 0 amide bonds. The fourth-order valence-corrected chi connectivity index (χ4v) is 2.47. The molecule has 2 nitrogen and oxygen atoms in total. The Hall–Kier alpha value is -1.96. The number of aryl methyl sites for hydroxylation is 1. The van der Waals surface area contributed by atoms with E-state index in [0.717, 1.165) is 40.8 Å². The minimum Gasteiger partial charge on any atom is -0.233 e. The lowest BCUT2D eigenvalue weighted by Gasteiger charge is -2.08. The van der Waals surface area contributed by atoms with Crippen molar-refractivity contribution in [2.24, 2.45) is 0 Å². The summed E-state index contributed by atoms with van der Waals surface area (Å²) >= 11 is 0. The maximum Gasteiger partial charge on any atom is 0.159 e. The molecule has 1 aromatic heterocycles. The molecule has 3 rings (SSSR count). The highest BCUT2D eigenvalue weighted by atomic mass is 14.9. The molecular weight excluding hydrogens is 232 g/mol. The second-order valence-corrected chi connectivity index (χ2v) is 5.00. The van der Waals surface area contributed by atoms with Gasteiger partial charge >= 0.3 is 0 Å². The van der Waals surface area contributed by atoms with Crippen molar-refractivity contribution in [3.05, 3.63) is 54.0 Å². The first kappa shape index (κ1) is 12.1. The summed E-state index contributed by atoms with van der Waals surface area (Å²) in [7, 11) is 0. The normalized spacial score (nSPS) is 20.4. The zero-order chi connectivity index (χ0) is 13.1. The van der Waals surface area contributed by atoms with E-state index in [9.17, 15) is 0 Å². The number of para-hydroxylation sites is 1. The number of fused-ring (bicyclic) bond motifs is 1. The van der Waals surface area contributed by atoms with Crippen LogP contribution in [0.2, 0.25) is 0 Å². The molecule has 0 radical (unpaired) electrons. The molecule has 96 valence electrons. The van der Waals surface area contributed by atoms with Gasteiger partial charge in [-0.2, -0.15) is 0 Å². The van der Waals surface area contributed by atoms with E-state index in [1.165, 1.54) is 12.8 Å². The number of hydrogen-bond donors (Lipinski definition) is 0. The van der Waals surface area contributed by atoms with Gasteiger partial charge in [0.1, 0.15) is 0 Å². The molecule has 0 bridgehead atoms. The molecule has 0 unspecified atom stereocenters. The van der Waals surface area contributed by atoms with Gasteiger partial charge in [0.15, 0.2) is 5.82 Å². The van der Waals surface area contributed by atoms with Crippen LogP contribution in [0, 0.1) is 6.92 Å². The third-order valence-corrected chi connectivity index (χ3v) is 3.54. The Morgan fingerprint density at radius 3 is 2.79 bits per heavy atom. The summed E-state index contributed by atoms with van der Waals surface area (Å²) < 4.78 is 0. The van der Waals surface area contributed by atoms with E-state index in [-0.39, 0.29) is 0 Å². The molecular formula is C17H18N2. The Balaban J connectivity index is 2.09. The average molecular weight is 250 g/mol. The highest BCUT2D eigenvalue weighted by Crippen LogP contribution is 2.21. The van der Waals surface area contributed by atoms with Gasteiger partial charge in [0, 0.05) is 16.7 Å².